The van der Waals surface area contributed by atoms with Gasteiger partial charge in [0.15, 0.2) is 6.10 Å². The summed E-state index contributed by atoms with van der Waals surface area (Å²) in [4.78, 5) is 14.3. The number of hydrogen-bond donors (Lipinski definition) is 1. The molecular formula is C16H25ClN2O2. The van der Waals surface area contributed by atoms with Crippen LogP contribution in [0.25, 0.3) is 0 Å². The van der Waals surface area contributed by atoms with Crippen LogP contribution in [0.5, 0.6) is 5.75 Å². The third kappa shape index (κ3) is 4.90. The maximum absolute atomic E-state index is 12.4. The maximum Gasteiger partial charge on any atom is 0.263 e. The molecule has 1 saturated heterocycles. The van der Waals surface area contributed by atoms with Gasteiger partial charge in [-0.1, -0.05) is 12.1 Å². The minimum atomic E-state index is -0.428. The average Bonchev–Trinajstić information content (AvgIpc) is 2.46. The van der Waals surface area contributed by atoms with E-state index in [0.29, 0.717) is 6.04 Å². The van der Waals surface area contributed by atoms with Crippen LogP contribution in [-0.2, 0) is 4.79 Å². The highest BCUT2D eigenvalue weighted by atomic mass is 35.5. The molecule has 21 heavy (non-hydrogen) atoms. The number of likely N-dealkylation sites (tertiary alicyclic amines) is 1. The largest absolute Gasteiger partial charge is 0.481 e. The molecule has 0 spiro atoms. The van der Waals surface area contributed by atoms with Crippen LogP contribution in [0.2, 0.25) is 0 Å². The Labute approximate surface area is 133 Å². The first kappa shape index (κ1) is 17.8. The number of benzene rings is 1. The van der Waals surface area contributed by atoms with Crippen molar-refractivity contribution in [2.75, 3.05) is 20.1 Å². The third-order valence-corrected chi connectivity index (χ3v) is 3.87. The molecule has 0 bridgehead atoms. The van der Waals surface area contributed by atoms with Crippen molar-refractivity contribution < 1.29 is 9.53 Å². The molecule has 1 fully saturated rings. The lowest BCUT2D eigenvalue weighted by atomic mass is 10.0. The van der Waals surface area contributed by atoms with Crippen molar-refractivity contribution in [3.63, 3.8) is 0 Å². The fraction of sp³-hybridized carbons (Fsp3) is 0.562. The van der Waals surface area contributed by atoms with E-state index in [1.165, 1.54) is 0 Å². The summed E-state index contributed by atoms with van der Waals surface area (Å²) in [5.74, 6) is 0.844. The Morgan fingerprint density at radius 1 is 1.38 bits per heavy atom. The number of carbonyl (C=O) groups is 1. The Morgan fingerprint density at radius 2 is 2.05 bits per heavy atom. The van der Waals surface area contributed by atoms with Crippen molar-refractivity contribution in [2.24, 2.45) is 0 Å². The zero-order valence-electron chi connectivity index (χ0n) is 13.0. The van der Waals surface area contributed by atoms with Crippen LogP contribution in [0.1, 0.15) is 25.3 Å². The van der Waals surface area contributed by atoms with Gasteiger partial charge in [0.05, 0.1) is 0 Å². The molecule has 4 nitrogen and oxygen atoms in total. The second kappa shape index (κ2) is 8.25. The predicted molar refractivity (Wildman–Crippen MR) is 87.2 cm³/mol. The topological polar surface area (TPSA) is 41.6 Å². The van der Waals surface area contributed by atoms with Gasteiger partial charge in [0.1, 0.15) is 5.75 Å². The number of piperidine rings is 1. The summed E-state index contributed by atoms with van der Waals surface area (Å²) < 4.78 is 5.76. The quantitative estimate of drug-likeness (QED) is 0.928. The number of nitrogens with one attached hydrogen (secondary N) is 1. The van der Waals surface area contributed by atoms with Crippen molar-refractivity contribution in [3.05, 3.63) is 29.8 Å². The lowest BCUT2D eigenvalue weighted by Gasteiger charge is -2.33. The lowest BCUT2D eigenvalue weighted by Crippen LogP contribution is -2.48. The van der Waals surface area contributed by atoms with Crippen LogP contribution in [-0.4, -0.2) is 43.1 Å². The fourth-order valence-electron chi connectivity index (χ4n) is 2.59. The number of ether oxygens (including phenoxy) is 1. The molecule has 0 saturated carbocycles. The Hall–Kier alpha value is -1.26. The Morgan fingerprint density at radius 3 is 2.62 bits per heavy atom. The molecule has 1 atom stereocenters. The molecule has 1 aromatic rings. The van der Waals surface area contributed by atoms with Gasteiger partial charge >= 0.3 is 0 Å². The summed E-state index contributed by atoms with van der Waals surface area (Å²) in [6.07, 6.45) is 1.60. The van der Waals surface area contributed by atoms with Crippen LogP contribution >= 0.6 is 12.4 Å². The summed E-state index contributed by atoms with van der Waals surface area (Å²) in [5.41, 5.74) is 1.14. The first-order chi connectivity index (χ1) is 9.60. The molecule has 1 amide bonds. The second-order valence-corrected chi connectivity index (χ2v) is 5.46. The highest BCUT2D eigenvalue weighted by molar-refractivity contribution is 5.85. The molecular weight excluding hydrogens is 288 g/mol. The minimum Gasteiger partial charge on any atom is -0.481 e. The van der Waals surface area contributed by atoms with Gasteiger partial charge in [-0.15, -0.1) is 12.4 Å². The summed E-state index contributed by atoms with van der Waals surface area (Å²) in [7, 11) is 1.98. The van der Waals surface area contributed by atoms with E-state index in [0.717, 1.165) is 37.2 Å². The van der Waals surface area contributed by atoms with Gasteiger partial charge in [-0.2, -0.15) is 0 Å². The van der Waals surface area contributed by atoms with E-state index < -0.39 is 6.10 Å². The van der Waals surface area contributed by atoms with Crippen molar-refractivity contribution in [1.82, 2.24) is 10.2 Å². The monoisotopic (exact) mass is 312 g/mol. The molecule has 118 valence electrons. The van der Waals surface area contributed by atoms with Crippen molar-refractivity contribution in [2.45, 2.75) is 38.8 Å². The molecule has 1 aliphatic heterocycles. The van der Waals surface area contributed by atoms with E-state index in [1.807, 2.05) is 50.1 Å². The molecule has 1 aromatic carbocycles. The molecule has 1 aliphatic rings. The van der Waals surface area contributed by atoms with Gasteiger partial charge in [0, 0.05) is 19.1 Å². The lowest BCUT2D eigenvalue weighted by molar-refractivity contribution is -0.139. The SMILES string of the molecule is CNC1CCN(C(=O)C(C)Oc2cccc(C)c2)CC1.Cl. The Bertz CT molecular complexity index is 459. The molecule has 0 radical (unpaired) electrons. The molecule has 1 N–H and O–H groups in total. The zero-order valence-corrected chi connectivity index (χ0v) is 13.8. The molecule has 0 aromatic heterocycles. The van der Waals surface area contributed by atoms with Crippen LogP contribution in [0.4, 0.5) is 0 Å². The Kier molecular flexibility index (Phi) is 6.99. The molecule has 0 aliphatic carbocycles. The van der Waals surface area contributed by atoms with E-state index in [2.05, 4.69) is 5.32 Å². The number of nitrogens with zero attached hydrogens (tertiary/aromatic N) is 1. The number of hydrogen-bond acceptors (Lipinski definition) is 3. The first-order valence-corrected chi connectivity index (χ1v) is 7.29. The smallest absolute Gasteiger partial charge is 0.263 e. The van der Waals surface area contributed by atoms with E-state index in [1.54, 1.807) is 0 Å². The van der Waals surface area contributed by atoms with Crippen LogP contribution in [0, 0.1) is 6.92 Å². The van der Waals surface area contributed by atoms with Gasteiger partial charge in [-0.25, -0.2) is 0 Å². The maximum atomic E-state index is 12.4. The van der Waals surface area contributed by atoms with Crippen LogP contribution in [0.3, 0.4) is 0 Å². The van der Waals surface area contributed by atoms with Gasteiger partial charge < -0.3 is 15.0 Å². The second-order valence-electron chi connectivity index (χ2n) is 5.46. The van der Waals surface area contributed by atoms with E-state index in [-0.39, 0.29) is 18.3 Å². The number of aryl methyl sites for hydroxylation is 1. The summed E-state index contributed by atoms with van der Waals surface area (Å²) in [6.45, 7) is 5.47. The van der Waals surface area contributed by atoms with Gasteiger partial charge in [0.25, 0.3) is 5.91 Å². The van der Waals surface area contributed by atoms with Gasteiger partial charge in [0.2, 0.25) is 0 Å². The summed E-state index contributed by atoms with van der Waals surface area (Å²) in [6, 6.07) is 8.34. The first-order valence-electron chi connectivity index (χ1n) is 7.29. The normalized spacial score (nSPS) is 17.0. The zero-order chi connectivity index (χ0) is 14.5. The predicted octanol–water partition coefficient (Wildman–Crippen LogP) is 2.39. The van der Waals surface area contributed by atoms with E-state index in [9.17, 15) is 4.79 Å². The average molecular weight is 313 g/mol. The van der Waals surface area contributed by atoms with E-state index in [4.69, 9.17) is 4.74 Å². The number of halogens is 1. The van der Waals surface area contributed by atoms with Crippen LogP contribution < -0.4 is 10.1 Å². The van der Waals surface area contributed by atoms with Gasteiger partial charge in [-0.05, 0) is 51.4 Å². The van der Waals surface area contributed by atoms with Crippen molar-refractivity contribution >= 4 is 18.3 Å². The molecule has 5 heteroatoms. The highest BCUT2D eigenvalue weighted by Gasteiger charge is 2.26. The van der Waals surface area contributed by atoms with Gasteiger partial charge in [-0.3, -0.25) is 4.79 Å². The fourth-order valence-corrected chi connectivity index (χ4v) is 2.59. The number of rotatable bonds is 4. The number of amides is 1. The molecule has 1 unspecified atom stereocenters. The van der Waals surface area contributed by atoms with Crippen LogP contribution in [0.15, 0.2) is 24.3 Å². The standard InChI is InChI=1S/C16H24N2O2.ClH/c1-12-5-4-6-15(11-12)20-13(2)16(19)18-9-7-14(17-3)8-10-18;/h4-6,11,13-14,17H,7-10H2,1-3H3;1H. The van der Waals surface area contributed by atoms with E-state index >= 15 is 0 Å². The van der Waals surface area contributed by atoms with Crippen molar-refractivity contribution in [3.8, 4) is 5.75 Å². The number of carbonyl (C=O) groups excluding carboxylic acids is 1. The minimum absolute atomic E-state index is 0. The van der Waals surface area contributed by atoms with Crippen molar-refractivity contribution in [1.29, 1.82) is 0 Å². The summed E-state index contributed by atoms with van der Waals surface area (Å²) in [5, 5.41) is 3.27. The summed E-state index contributed by atoms with van der Waals surface area (Å²) >= 11 is 0. The molecule has 2 rings (SSSR count). The third-order valence-electron chi connectivity index (χ3n) is 3.87. The molecule has 1 heterocycles. The Balaban J connectivity index is 0.00000220. The highest BCUT2D eigenvalue weighted by Crippen LogP contribution is 2.17.